The monoisotopic (exact) mass is 236 g/mol. The molecule has 0 fully saturated rings. The van der Waals surface area contributed by atoms with Gasteiger partial charge in [0.1, 0.15) is 0 Å². The molecule has 0 amide bonds. The first kappa shape index (κ1) is 10.9. The minimum Gasteiger partial charge on any atom is -0.375 e. The smallest absolute Gasteiger partial charge is 0.180 e. The molecule has 1 aromatic heterocycles. The standard InChI is InChI=1S/C7H12N2S.BrH/c1-7(2,3)5-4-10-6(8)9-5;/h4H,1-3H3,(H2,8,9);1H. The van der Waals surface area contributed by atoms with Gasteiger partial charge in [0.25, 0.3) is 0 Å². The number of hydrogen-bond acceptors (Lipinski definition) is 3. The highest BCUT2D eigenvalue weighted by Gasteiger charge is 2.16. The van der Waals surface area contributed by atoms with Crippen molar-refractivity contribution in [2.45, 2.75) is 26.2 Å². The van der Waals surface area contributed by atoms with E-state index in [0.717, 1.165) is 5.69 Å². The average molecular weight is 237 g/mol. The van der Waals surface area contributed by atoms with E-state index in [0.29, 0.717) is 5.13 Å². The van der Waals surface area contributed by atoms with E-state index in [9.17, 15) is 0 Å². The quantitative estimate of drug-likeness (QED) is 0.753. The van der Waals surface area contributed by atoms with Gasteiger partial charge in [0.2, 0.25) is 0 Å². The van der Waals surface area contributed by atoms with Crippen LogP contribution < -0.4 is 5.73 Å². The van der Waals surface area contributed by atoms with Gasteiger partial charge >= 0.3 is 0 Å². The Kier molecular flexibility index (Phi) is 3.51. The third-order valence-corrected chi connectivity index (χ3v) is 1.96. The van der Waals surface area contributed by atoms with Crippen LogP contribution in [0.5, 0.6) is 0 Å². The summed E-state index contributed by atoms with van der Waals surface area (Å²) in [6.07, 6.45) is 0. The summed E-state index contributed by atoms with van der Waals surface area (Å²) in [6, 6.07) is 0. The molecule has 64 valence electrons. The molecule has 0 aliphatic heterocycles. The molecule has 4 heteroatoms. The molecule has 0 atom stereocenters. The van der Waals surface area contributed by atoms with Crippen LogP contribution in [-0.4, -0.2) is 4.98 Å². The number of halogens is 1. The first-order chi connectivity index (χ1) is 4.50. The number of rotatable bonds is 0. The molecule has 0 saturated heterocycles. The molecule has 0 aromatic carbocycles. The highest BCUT2D eigenvalue weighted by atomic mass is 79.9. The van der Waals surface area contributed by atoms with Gasteiger partial charge in [0.05, 0.1) is 5.69 Å². The van der Waals surface area contributed by atoms with Gasteiger partial charge in [-0.25, -0.2) is 4.98 Å². The highest BCUT2D eigenvalue weighted by Crippen LogP contribution is 2.24. The molecule has 1 aromatic rings. The van der Waals surface area contributed by atoms with Gasteiger partial charge in [-0.15, -0.1) is 28.3 Å². The van der Waals surface area contributed by atoms with E-state index in [2.05, 4.69) is 25.8 Å². The highest BCUT2D eigenvalue weighted by molar-refractivity contribution is 8.93. The zero-order valence-electron chi connectivity index (χ0n) is 6.92. The lowest BCUT2D eigenvalue weighted by molar-refractivity contribution is 0.574. The van der Waals surface area contributed by atoms with Gasteiger partial charge in [-0.3, -0.25) is 0 Å². The fourth-order valence-corrected chi connectivity index (χ4v) is 1.42. The molecule has 2 nitrogen and oxygen atoms in total. The normalized spacial score (nSPS) is 10.8. The Morgan fingerprint density at radius 2 is 2.00 bits per heavy atom. The largest absolute Gasteiger partial charge is 0.375 e. The van der Waals surface area contributed by atoms with Crippen LogP contribution in [0.3, 0.4) is 0 Å². The van der Waals surface area contributed by atoms with E-state index in [1.165, 1.54) is 11.3 Å². The van der Waals surface area contributed by atoms with Gasteiger partial charge < -0.3 is 5.73 Å². The van der Waals surface area contributed by atoms with Crippen molar-refractivity contribution in [1.29, 1.82) is 0 Å². The topological polar surface area (TPSA) is 38.9 Å². The van der Waals surface area contributed by atoms with Gasteiger partial charge in [0.15, 0.2) is 5.13 Å². The van der Waals surface area contributed by atoms with E-state index in [-0.39, 0.29) is 22.4 Å². The first-order valence-corrected chi connectivity index (χ1v) is 4.09. The predicted octanol–water partition coefficient (Wildman–Crippen LogP) is 2.60. The summed E-state index contributed by atoms with van der Waals surface area (Å²) in [5, 5.41) is 2.67. The molecule has 0 unspecified atom stereocenters. The molecule has 0 spiro atoms. The van der Waals surface area contributed by atoms with E-state index in [1.807, 2.05) is 5.38 Å². The molecule has 0 aliphatic rings. The predicted molar refractivity (Wildman–Crippen MR) is 55.5 cm³/mol. The number of nitrogens with two attached hydrogens (primary N) is 1. The molecule has 1 heterocycles. The van der Waals surface area contributed by atoms with Crippen molar-refractivity contribution in [2.24, 2.45) is 0 Å². The second kappa shape index (κ2) is 3.54. The van der Waals surface area contributed by atoms with Gasteiger partial charge in [-0.2, -0.15) is 0 Å². The van der Waals surface area contributed by atoms with Crippen molar-refractivity contribution < 1.29 is 0 Å². The van der Waals surface area contributed by atoms with Crippen LogP contribution in [0, 0.1) is 0 Å². The summed E-state index contributed by atoms with van der Waals surface area (Å²) in [7, 11) is 0. The van der Waals surface area contributed by atoms with E-state index >= 15 is 0 Å². The SMILES string of the molecule is Br.CC(C)(C)c1csc(N)n1. The van der Waals surface area contributed by atoms with Crippen LogP contribution in [-0.2, 0) is 5.41 Å². The summed E-state index contributed by atoms with van der Waals surface area (Å²) in [5.74, 6) is 0. The molecule has 0 aliphatic carbocycles. The minimum absolute atomic E-state index is 0. The lowest BCUT2D eigenvalue weighted by Gasteiger charge is -2.13. The minimum atomic E-state index is 0. The van der Waals surface area contributed by atoms with Gasteiger partial charge in [0, 0.05) is 10.8 Å². The average Bonchev–Trinajstić information content (AvgIpc) is 2.11. The molecule has 0 bridgehead atoms. The number of nitrogens with zero attached hydrogens (tertiary/aromatic N) is 1. The summed E-state index contributed by atoms with van der Waals surface area (Å²) < 4.78 is 0. The second-order valence-electron chi connectivity index (χ2n) is 3.32. The second-order valence-corrected chi connectivity index (χ2v) is 4.21. The van der Waals surface area contributed by atoms with Crippen LogP contribution in [0.4, 0.5) is 5.13 Å². The lowest BCUT2D eigenvalue weighted by Crippen LogP contribution is -2.11. The maximum atomic E-state index is 5.48. The Morgan fingerprint density at radius 1 is 1.45 bits per heavy atom. The van der Waals surface area contributed by atoms with Crippen LogP contribution in [0.25, 0.3) is 0 Å². The molecule has 11 heavy (non-hydrogen) atoms. The van der Waals surface area contributed by atoms with Gasteiger partial charge in [-0.1, -0.05) is 20.8 Å². The Bertz CT molecular complexity index is 227. The van der Waals surface area contributed by atoms with E-state index in [1.54, 1.807) is 0 Å². The lowest BCUT2D eigenvalue weighted by atomic mass is 9.93. The van der Waals surface area contributed by atoms with Crippen molar-refractivity contribution in [3.05, 3.63) is 11.1 Å². The molecule has 1 rings (SSSR count). The molecule has 0 radical (unpaired) electrons. The molecule has 0 saturated carbocycles. The van der Waals surface area contributed by atoms with Crippen LogP contribution in [0.1, 0.15) is 26.5 Å². The van der Waals surface area contributed by atoms with Crippen LogP contribution >= 0.6 is 28.3 Å². The van der Waals surface area contributed by atoms with Crippen molar-refractivity contribution in [2.75, 3.05) is 5.73 Å². The number of nitrogen functional groups attached to an aromatic ring is 1. The summed E-state index contributed by atoms with van der Waals surface area (Å²) >= 11 is 1.50. The van der Waals surface area contributed by atoms with Crippen molar-refractivity contribution >= 4 is 33.4 Å². The van der Waals surface area contributed by atoms with E-state index < -0.39 is 0 Å². The third kappa shape index (κ3) is 2.79. The van der Waals surface area contributed by atoms with Crippen LogP contribution in [0.2, 0.25) is 0 Å². The zero-order valence-corrected chi connectivity index (χ0v) is 9.45. The Labute approximate surface area is 81.6 Å². The Balaban J connectivity index is 0.000001000. The van der Waals surface area contributed by atoms with Crippen molar-refractivity contribution in [1.82, 2.24) is 4.98 Å². The molecule has 2 N–H and O–H groups in total. The first-order valence-electron chi connectivity index (χ1n) is 3.21. The Morgan fingerprint density at radius 3 is 2.18 bits per heavy atom. The summed E-state index contributed by atoms with van der Waals surface area (Å²) in [5.41, 5.74) is 6.69. The van der Waals surface area contributed by atoms with Crippen LogP contribution in [0.15, 0.2) is 5.38 Å². The van der Waals surface area contributed by atoms with Crippen molar-refractivity contribution in [3.8, 4) is 0 Å². The number of anilines is 1. The fourth-order valence-electron chi connectivity index (χ4n) is 0.632. The maximum absolute atomic E-state index is 5.48. The summed E-state index contributed by atoms with van der Waals surface area (Å²) in [6.45, 7) is 6.38. The Hall–Kier alpha value is -0.0900. The number of thiazole rings is 1. The fraction of sp³-hybridized carbons (Fsp3) is 0.571. The third-order valence-electron chi connectivity index (χ3n) is 1.29. The van der Waals surface area contributed by atoms with E-state index in [4.69, 9.17) is 5.73 Å². The number of hydrogen-bond donors (Lipinski definition) is 1. The zero-order chi connectivity index (χ0) is 7.78. The summed E-state index contributed by atoms with van der Waals surface area (Å²) in [4.78, 5) is 4.18. The van der Waals surface area contributed by atoms with Crippen molar-refractivity contribution in [3.63, 3.8) is 0 Å². The number of aromatic nitrogens is 1. The molecular weight excluding hydrogens is 224 g/mol. The molecular formula is C7H13BrN2S. The van der Waals surface area contributed by atoms with Gasteiger partial charge in [-0.05, 0) is 0 Å². The maximum Gasteiger partial charge on any atom is 0.180 e.